The largest absolute Gasteiger partial charge is 0.496 e. The highest BCUT2D eigenvalue weighted by atomic mass is 16.5. The molecule has 0 bridgehead atoms. The molecule has 1 amide bonds. The quantitative estimate of drug-likeness (QED) is 0.685. The van der Waals surface area contributed by atoms with Crippen molar-refractivity contribution in [1.82, 2.24) is 15.2 Å². The first kappa shape index (κ1) is 15.0. The number of pyridine rings is 1. The Bertz CT molecular complexity index is 857. The highest BCUT2D eigenvalue weighted by Gasteiger charge is 2.14. The molecule has 118 valence electrons. The maximum Gasteiger partial charge on any atom is 0.255 e. The molecule has 7 nitrogen and oxygen atoms in total. The van der Waals surface area contributed by atoms with Gasteiger partial charge in [-0.1, -0.05) is 6.07 Å². The maximum atomic E-state index is 12.5. The Hall–Kier alpha value is -2.93. The number of H-pyrrole nitrogens is 1. The number of ether oxygens (including phenoxy) is 1. The van der Waals surface area contributed by atoms with Crippen LogP contribution < -0.4 is 15.8 Å². The average Bonchev–Trinajstić information content (AvgIpc) is 3.03. The second-order valence-corrected chi connectivity index (χ2v) is 5.19. The highest BCUT2D eigenvalue weighted by molar-refractivity contribution is 6.08. The van der Waals surface area contributed by atoms with Crippen molar-refractivity contribution in [3.8, 4) is 5.75 Å². The van der Waals surface area contributed by atoms with Crippen LogP contribution in [0.5, 0.6) is 5.75 Å². The van der Waals surface area contributed by atoms with Crippen molar-refractivity contribution in [2.45, 2.75) is 13.0 Å². The standard InChI is InChI=1S/C16H17N5O2/c1-9(17)11-4-3-10(7-14(11)23-2)16(22)20-13-5-6-18-15-12(13)8-19-21-15/h3-9H,17H2,1-2H3,(H2,18,19,20,21,22). The molecule has 0 aliphatic heterocycles. The Balaban J connectivity index is 1.90. The fourth-order valence-corrected chi connectivity index (χ4v) is 2.38. The van der Waals surface area contributed by atoms with E-state index in [1.54, 1.807) is 43.8 Å². The number of carbonyl (C=O) groups excluding carboxylic acids is 1. The number of fused-ring (bicyclic) bond motifs is 1. The molecule has 3 aromatic rings. The summed E-state index contributed by atoms with van der Waals surface area (Å²) >= 11 is 0. The molecule has 1 atom stereocenters. The van der Waals surface area contributed by atoms with E-state index in [0.717, 1.165) is 10.9 Å². The van der Waals surface area contributed by atoms with Crippen LogP contribution in [0.3, 0.4) is 0 Å². The summed E-state index contributed by atoms with van der Waals surface area (Å²) in [4.78, 5) is 16.6. The lowest BCUT2D eigenvalue weighted by atomic mass is 10.0. The predicted molar refractivity (Wildman–Crippen MR) is 87.4 cm³/mol. The first-order valence-electron chi connectivity index (χ1n) is 7.13. The van der Waals surface area contributed by atoms with Gasteiger partial charge in [-0.25, -0.2) is 4.98 Å². The lowest BCUT2D eigenvalue weighted by Gasteiger charge is -2.13. The van der Waals surface area contributed by atoms with Gasteiger partial charge in [-0.2, -0.15) is 5.10 Å². The van der Waals surface area contributed by atoms with Gasteiger partial charge >= 0.3 is 0 Å². The molecule has 2 heterocycles. The Kier molecular flexibility index (Phi) is 3.94. The number of rotatable bonds is 4. The van der Waals surface area contributed by atoms with Gasteiger partial charge in [0.1, 0.15) is 5.75 Å². The van der Waals surface area contributed by atoms with Crippen molar-refractivity contribution in [2.24, 2.45) is 5.73 Å². The predicted octanol–water partition coefficient (Wildman–Crippen LogP) is 2.24. The third kappa shape index (κ3) is 2.86. The van der Waals surface area contributed by atoms with Gasteiger partial charge in [0, 0.05) is 23.4 Å². The Morgan fingerprint density at radius 1 is 1.39 bits per heavy atom. The summed E-state index contributed by atoms with van der Waals surface area (Å²) in [6.07, 6.45) is 3.23. The molecule has 0 saturated heterocycles. The first-order valence-corrected chi connectivity index (χ1v) is 7.13. The first-order chi connectivity index (χ1) is 11.1. The zero-order valence-corrected chi connectivity index (χ0v) is 12.8. The number of hydrogen-bond acceptors (Lipinski definition) is 5. The molecule has 0 aliphatic rings. The SMILES string of the molecule is COc1cc(C(=O)Nc2ccnc3[nH]ncc23)ccc1C(C)N. The van der Waals surface area contributed by atoms with E-state index in [2.05, 4.69) is 20.5 Å². The van der Waals surface area contributed by atoms with E-state index >= 15 is 0 Å². The number of aromatic amines is 1. The molecule has 2 aromatic heterocycles. The molecule has 4 N–H and O–H groups in total. The summed E-state index contributed by atoms with van der Waals surface area (Å²) in [5.41, 5.74) is 8.49. The lowest BCUT2D eigenvalue weighted by molar-refractivity contribution is 0.102. The summed E-state index contributed by atoms with van der Waals surface area (Å²) in [6, 6.07) is 6.76. The van der Waals surface area contributed by atoms with Gasteiger partial charge in [-0.3, -0.25) is 9.89 Å². The highest BCUT2D eigenvalue weighted by Crippen LogP contribution is 2.26. The fourth-order valence-electron chi connectivity index (χ4n) is 2.38. The second kappa shape index (κ2) is 6.05. The van der Waals surface area contributed by atoms with Crippen molar-refractivity contribution in [3.63, 3.8) is 0 Å². The Morgan fingerprint density at radius 2 is 2.22 bits per heavy atom. The minimum atomic E-state index is -0.242. The van der Waals surface area contributed by atoms with Crippen LogP contribution in [0.15, 0.2) is 36.7 Å². The minimum absolute atomic E-state index is 0.173. The number of aromatic nitrogens is 3. The monoisotopic (exact) mass is 311 g/mol. The molecule has 1 aromatic carbocycles. The second-order valence-electron chi connectivity index (χ2n) is 5.19. The molecule has 0 saturated carbocycles. The third-order valence-corrected chi connectivity index (χ3v) is 3.59. The summed E-state index contributed by atoms with van der Waals surface area (Å²) in [5, 5.41) is 10.3. The van der Waals surface area contributed by atoms with Crippen molar-refractivity contribution < 1.29 is 9.53 Å². The van der Waals surface area contributed by atoms with Crippen LogP contribution in [0.2, 0.25) is 0 Å². The maximum absolute atomic E-state index is 12.5. The minimum Gasteiger partial charge on any atom is -0.496 e. The lowest BCUT2D eigenvalue weighted by Crippen LogP contribution is -2.14. The van der Waals surface area contributed by atoms with Crippen molar-refractivity contribution in [1.29, 1.82) is 0 Å². The van der Waals surface area contributed by atoms with Crippen molar-refractivity contribution in [3.05, 3.63) is 47.8 Å². The van der Waals surface area contributed by atoms with Crippen LogP contribution in [0.25, 0.3) is 11.0 Å². The van der Waals surface area contributed by atoms with Gasteiger partial charge in [0.2, 0.25) is 0 Å². The molecule has 3 rings (SSSR count). The molecule has 0 radical (unpaired) electrons. The normalized spacial score (nSPS) is 12.1. The number of amides is 1. The van der Waals surface area contributed by atoms with E-state index in [1.807, 2.05) is 6.92 Å². The van der Waals surface area contributed by atoms with Gasteiger partial charge in [0.25, 0.3) is 5.91 Å². The van der Waals surface area contributed by atoms with E-state index in [9.17, 15) is 4.79 Å². The molecule has 0 aliphatic carbocycles. The third-order valence-electron chi connectivity index (χ3n) is 3.59. The Morgan fingerprint density at radius 3 is 2.96 bits per heavy atom. The molecule has 1 unspecified atom stereocenters. The number of nitrogens with zero attached hydrogens (tertiary/aromatic N) is 2. The number of methoxy groups -OCH3 is 1. The number of nitrogens with one attached hydrogen (secondary N) is 2. The number of carbonyl (C=O) groups is 1. The van der Waals surface area contributed by atoms with E-state index < -0.39 is 0 Å². The molecular weight excluding hydrogens is 294 g/mol. The van der Waals surface area contributed by atoms with Gasteiger partial charge in [-0.15, -0.1) is 0 Å². The van der Waals surface area contributed by atoms with Gasteiger partial charge < -0.3 is 15.8 Å². The topological polar surface area (TPSA) is 106 Å². The summed E-state index contributed by atoms with van der Waals surface area (Å²) in [7, 11) is 1.56. The van der Waals surface area contributed by atoms with Crippen LogP contribution in [0, 0.1) is 0 Å². The zero-order valence-electron chi connectivity index (χ0n) is 12.8. The van der Waals surface area contributed by atoms with E-state index in [1.165, 1.54) is 0 Å². The van der Waals surface area contributed by atoms with Crippen molar-refractivity contribution >= 4 is 22.6 Å². The van der Waals surface area contributed by atoms with Gasteiger partial charge in [0.05, 0.1) is 24.4 Å². The molecular formula is C16H17N5O2. The number of hydrogen-bond donors (Lipinski definition) is 3. The molecule has 23 heavy (non-hydrogen) atoms. The molecule has 0 fully saturated rings. The van der Waals surface area contributed by atoms with E-state index in [4.69, 9.17) is 10.5 Å². The summed E-state index contributed by atoms with van der Waals surface area (Å²) < 4.78 is 5.32. The summed E-state index contributed by atoms with van der Waals surface area (Å²) in [5.74, 6) is 0.351. The number of nitrogens with two attached hydrogens (primary N) is 1. The average molecular weight is 311 g/mol. The van der Waals surface area contributed by atoms with Gasteiger partial charge in [0.15, 0.2) is 5.65 Å². The smallest absolute Gasteiger partial charge is 0.255 e. The Labute approximate surface area is 132 Å². The van der Waals surface area contributed by atoms with E-state index in [-0.39, 0.29) is 11.9 Å². The number of benzene rings is 1. The number of anilines is 1. The van der Waals surface area contributed by atoms with Gasteiger partial charge in [-0.05, 0) is 25.1 Å². The summed E-state index contributed by atoms with van der Waals surface area (Å²) in [6.45, 7) is 1.87. The molecule has 7 heteroatoms. The fraction of sp³-hybridized carbons (Fsp3) is 0.188. The van der Waals surface area contributed by atoms with Crippen molar-refractivity contribution in [2.75, 3.05) is 12.4 Å². The van der Waals surface area contributed by atoms with Crippen LogP contribution >= 0.6 is 0 Å². The van der Waals surface area contributed by atoms with Crippen LogP contribution in [-0.2, 0) is 0 Å². The molecule has 0 spiro atoms. The van der Waals surface area contributed by atoms with Crippen LogP contribution in [-0.4, -0.2) is 28.2 Å². The zero-order chi connectivity index (χ0) is 16.4. The van der Waals surface area contributed by atoms with Crippen LogP contribution in [0.4, 0.5) is 5.69 Å². The van der Waals surface area contributed by atoms with Crippen LogP contribution in [0.1, 0.15) is 28.9 Å². The van der Waals surface area contributed by atoms with E-state index in [0.29, 0.717) is 22.6 Å².